The average Bonchev–Trinajstić information content (AvgIpc) is 2.60. The summed E-state index contributed by atoms with van der Waals surface area (Å²) in [4.78, 5) is 12.2. The Balaban J connectivity index is 2.27. The van der Waals surface area contributed by atoms with Gasteiger partial charge in [0.15, 0.2) is 10.5 Å². The standard InChI is InChI=1S/C11H18O7S2/c1-10(2)8-3-4-11(10,9(12)7-8)20(16,17)18-5-6-19(13,14)15/h8H,3-7H2,1-2H3,(H,13,14,15). The summed E-state index contributed by atoms with van der Waals surface area (Å²) in [5, 5.41) is 0. The van der Waals surface area contributed by atoms with Crippen molar-refractivity contribution in [1.82, 2.24) is 0 Å². The largest absolute Gasteiger partial charge is 0.298 e. The Morgan fingerprint density at radius 1 is 1.30 bits per heavy atom. The van der Waals surface area contributed by atoms with Crippen molar-refractivity contribution in [2.75, 3.05) is 12.4 Å². The monoisotopic (exact) mass is 326 g/mol. The zero-order valence-corrected chi connectivity index (χ0v) is 13.0. The van der Waals surface area contributed by atoms with E-state index in [9.17, 15) is 21.6 Å². The van der Waals surface area contributed by atoms with Gasteiger partial charge in [-0.05, 0) is 24.2 Å². The Hall–Kier alpha value is -0.510. The Morgan fingerprint density at radius 2 is 1.90 bits per heavy atom. The molecule has 0 aromatic heterocycles. The zero-order valence-electron chi connectivity index (χ0n) is 11.3. The number of carbonyl (C=O) groups is 1. The van der Waals surface area contributed by atoms with Gasteiger partial charge < -0.3 is 0 Å². The molecule has 0 aromatic rings. The zero-order chi connectivity index (χ0) is 15.4. The van der Waals surface area contributed by atoms with Gasteiger partial charge in [0, 0.05) is 6.42 Å². The van der Waals surface area contributed by atoms with Crippen molar-refractivity contribution in [3.8, 4) is 0 Å². The number of Topliss-reactive ketones (excluding diaryl/α,β-unsaturated/α-hetero) is 1. The molecule has 0 amide bonds. The van der Waals surface area contributed by atoms with Gasteiger partial charge in [0.25, 0.3) is 20.2 Å². The first-order valence-electron chi connectivity index (χ1n) is 6.31. The van der Waals surface area contributed by atoms with Crippen molar-refractivity contribution >= 4 is 26.0 Å². The van der Waals surface area contributed by atoms with E-state index in [0.29, 0.717) is 6.42 Å². The lowest BCUT2D eigenvalue weighted by atomic mass is 9.81. The van der Waals surface area contributed by atoms with Gasteiger partial charge in [0.1, 0.15) is 5.75 Å². The van der Waals surface area contributed by atoms with Crippen LogP contribution in [0.5, 0.6) is 0 Å². The summed E-state index contributed by atoms with van der Waals surface area (Å²) >= 11 is 0. The van der Waals surface area contributed by atoms with E-state index in [1.165, 1.54) is 0 Å². The Kier molecular flexibility index (Phi) is 3.56. The summed E-state index contributed by atoms with van der Waals surface area (Å²) < 4.78 is 57.8. The van der Waals surface area contributed by atoms with Crippen LogP contribution in [-0.2, 0) is 29.2 Å². The lowest BCUT2D eigenvalue weighted by Gasteiger charge is -2.34. The molecule has 2 aliphatic carbocycles. The topological polar surface area (TPSA) is 115 Å². The lowest BCUT2D eigenvalue weighted by molar-refractivity contribution is -0.121. The Morgan fingerprint density at radius 3 is 2.30 bits per heavy atom. The predicted molar refractivity (Wildman–Crippen MR) is 70.1 cm³/mol. The third-order valence-corrected chi connectivity index (χ3v) is 7.77. The van der Waals surface area contributed by atoms with Crippen molar-refractivity contribution in [2.45, 2.75) is 37.9 Å². The van der Waals surface area contributed by atoms with E-state index in [0.717, 1.165) is 0 Å². The molecular weight excluding hydrogens is 308 g/mol. The maximum Gasteiger partial charge on any atom is 0.280 e. The number of rotatable bonds is 5. The molecule has 2 rings (SSSR count). The second-order valence-corrected chi connectivity index (χ2v) is 9.39. The van der Waals surface area contributed by atoms with Crippen LogP contribution >= 0.6 is 0 Å². The van der Waals surface area contributed by atoms with Crippen molar-refractivity contribution in [3.63, 3.8) is 0 Å². The van der Waals surface area contributed by atoms with E-state index in [1.807, 2.05) is 0 Å². The van der Waals surface area contributed by atoms with Crippen LogP contribution in [-0.4, -0.2) is 44.3 Å². The van der Waals surface area contributed by atoms with Crippen LogP contribution in [0.4, 0.5) is 0 Å². The van der Waals surface area contributed by atoms with E-state index < -0.39 is 42.8 Å². The molecule has 2 bridgehead atoms. The quantitative estimate of drug-likeness (QED) is 0.573. The first kappa shape index (κ1) is 15.9. The molecule has 2 saturated carbocycles. The molecule has 2 aliphatic rings. The highest BCUT2D eigenvalue weighted by atomic mass is 32.2. The fourth-order valence-electron chi connectivity index (χ4n) is 3.57. The van der Waals surface area contributed by atoms with Gasteiger partial charge >= 0.3 is 0 Å². The van der Waals surface area contributed by atoms with Gasteiger partial charge in [-0.2, -0.15) is 16.8 Å². The minimum Gasteiger partial charge on any atom is -0.298 e. The van der Waals surface area contributed by atoms with Crippen LogP contribution in [0, 0.1) is 11.3 Å². The van der Waals surface area contributed by atoms with Crippen molar-refractivity contribution in [2.24, 2.45) is 11.3 Å². The molecule has 0 spiro atoms. The highest BCUT2D eigenvalue weighted by Crippen LogP contribution is 2.62. The summed E-state index contributed by atoms with van der Waals surface area (Å²) in [5.74, 6) is -1.17. The van der Waals surface area contributed by atoms with Crippen molar-refractivity contribution < 1.29 is 30.4 Å². The molecule has 1 N–H and O–H groups in total. The summed E-state index contributed by atoms with van der Waals surface area (Å²) in [7, 11) is -8.54. The van der Waals surface area contributed by atoms with Crippen LogP contribution in [0.3, 0.4) is 0 Å². The molecule has 0 heterocycles. The van der Waals surface area contributed by atoms with E-state index in [-0.39, 0.29) is 24.5 Å². The summed E-state index contributed by atoms with van der Waals surface area (Å²) in [6.07, 6.45) is 1.06. The maximum absolute atomic E-state index is 12.4. The number of carbonyl (C=O) groups excluding carboxylic acids is 1. The fourth-order valence-corrected chi connectivity index (χ4v) is 6.02. The highest BCUT2D eigenvalue weighted by Gasteiger charge is 2.71. The second kappa shape index (κ2) is 4.49. The minimum absolute atomic E-state index is 0.00921. The Bertz CT molecular complexity index is 632. The second-order valence-electron chi connectivity index (χ2n) is 5.97. The molecule has 2 fully saturated rings. The van der Waals surface area contributed by atoms with Gasteiger partial charge in [-0.25, -0.2) is 0 Å². The maximum atomic E-state index is 12.4. The average molecular weight is 326 g/mol. The van der Waals surface area contributed by atoms with Crippen LogP contribution in [0.1, 0.15) is 33.1 Å². The molecular formula is C11H18O7S2. The molecule has 2 atom stereocenters. The molecule has 2 unspecified atom stereocenters. The Labute approximate surface area is 118 Å². The molecule has 0 aliphatic heterocycles. The van der Waals surface area contributed by atoms with E-state index in [1.54, 1.807) is 13.8 Å². The number of ketones is 1. The highest BCUT2D eigenvalue weighted by molar-refractivity contribution is 7.89. The van der Waals surface area contributed by atoms with Crippen LogP contribution in [0.25, 0.3) is 0 Å². The third-order valence-electron chi connectivity index (χ3n) is 4.80. The predicted octanol–water partition coefficient (Wildman–Crippen LogP) is 0.368. The van der Waals surface area contributed by atoms with Gasteiger partial charge in [0.2, 0.25) is 0 Å². The summed E-state index contributed by atoms with van der Waals surface area (Å²) in [6, 6.07) is 0. The number of hydrogen-bond donors (Lipinski definition) is 1. The minimum atomic E-state index is -4.30. The number of hydrogen-bond acceptors (Lipinski definition) is 6. The normalized spacial score (nSPS) is 32.8. The van der Waals surface area contributed by atoms with Gasteiger partial charge in [-0.1, -0.05) is 13.8 Å². The molecule has 0 aromatic carbocycles. The first-order valence-corrected chi connectivity index (χ1v) is 9.33. The summed E-state index contributed by atoms with van der Waals surface area (Å²) in [6.45, 7) is 2.79. The SMILES string of the molecule is CC1(C)C2CCC1(S(=O)(=O)OCCS(=O)(=O)O)C(=O)C2. The van der Waals surface area contributed by atoms with E-state index >= 15 is 0 Å². The van der Waals surface area contributed by atoms with E-state index in [4.69, 9.17) is 8.74 Å². The number of fused-ring (bicyclic) bond motifs is 2. The van der Waals surface area contributed by atoms with Gasteiger partial charge in [-0.15, -0.1) is 0 Å². The van der Waals surface area contributed by atoms with Crippen LogP contribution in [0.15, 0.2) is 0 Å². The third kappa shape index (κ3) is 2.11. The lowest BCUT2D eigenvalue weighted by Crippen LogP contribution is -2.51. The van der Waals surface area contributed by atoms with Crippen LogP contribution in [0.2, 0.25) is 0 Å². The molecule has 9 heteroatoms. The van der Waals surface area contributed by atoms with Gasteiger partial charge in [-0.3, -0.25) is 13.5 Å². The smallest absolute Gasteiger partial charge is 0.280 e. The molecule has 20 heavy (non-hydrogen) atoms. The van der Waals surface area contributed by atoms with Crippen LogP contribution < -0.4 is 0 Å². The molecule has 7 nitrogen and oxygen atoms in total. The van der Waals surface area contributed by atoms with Gasteiger partial charge in [0.05, 0.1) is 6.61 Å². The van der Waals surface area contributed by atoms with E-state index in [2.05, 4.69) is 0 Å². The fraction of sp³-hybridized carbons (Fsp3) is 0.909. The first-order chi connectivity index (χ1) is 8.94. The van der Waals surface area contributed by atoms with Crippen molar-refractivity contribution in [1.29, 1.82) is 0 Å². The molecule has 0 saturated heterocycles. The van der Waals surface area contributed by atoms with Crippen molar-refractivity contribution in [3.05, 3.63) is 0 Å². The summed E-state index contributed by atoms with van der Waals surface area (Å²) in [5.41, 5.74) is -0.721. The molecule has 0 radical (unpaired) electrons. The molecule has 116 valence electrons.